The molecular formula is C30H37N5O4S. The number of carbonyl (C=O) groups is 2. The third-order valence-electron chi connectivity index (χ3n) is 6.40. The van der Waals surface area contributed by atoms with Gasteiger partial charge in [0.15, 0.2) is 5.16 Å². The van der Waals surface area contributed by atoms with Crippen molar-refractivity contribution in [2.45, 2.75) is 44.2 Å². The van der Waals surface area contributed by atoms with E-state index in [1.807, 2.05) is 98.5 Å². The molecule has 3 aromatic rings. The van der Waals surface area contributed by atoms with E-state index in [0.717, 1.165) is 11.1 Å². The smallest absolute Gasteiger partial charge is 0.410 e. The number of anilines is 1. The predicted octanol–water partition coefficient (Wildman–Crippen LogP) is 5.28. The van der Waals surface area contributed by atoms with Crippen molar-refractivity contribution in [2.75, 3.05) is 44.9 Å². The normalized spacial score (nSPS) is 14.3. The van der Waals surface area contributed by atoms with Crippen LogP contribution < -0.4 is 9.64 Å². The fourth-order valence-corrected chi connectivity index (χ4v) is 4.63. The zero-order valence-corrected chi connectivity index (χ0v) is 24.8. The molecule has 0 spiro atoms. The highest BCUT2D eigenvalue weighted by Crippen LogP contribution is 2.27. The lowest BCUT2D eigenvalue weighted by molar-refractivity contribution is 0.0226. The molecule has 10 heteroatoms. The molecule has 1 aliphatic rings. The van der Waals surface area contributed by atoms with Gasteiger partial charge in [-0.25, -0.2) is 14.8 Å². The van der Waals surface area contributed by atoms with Gasteiger partial charge in [-0.2, -0.15) is 0 Å². The first-order valence-electron chi connectivity index (χ1n) is 13.2. The first kappa shape index (κ1) is 29.2. The Hall–Kier alpha value is -3.79. The Balaban J connectivity index is 1.46. The van der Waals surface area contributed by atoms with Crippen LogP contribution >= 0.6 is 11.8 Å². The van der Waals surface area contributed by atoms with Crippen LogP contribution in [0.15, 0.2) is 66.0 Å². The molecule has 0 saturated carbocycles. The fourth-order valence-electron chi connectivity index (χ4n) is 4.30. The number of thioether (sulfide) groups is 1. The molecule has 212 valence electrons. The van der Waals surface area contributed by atoms with E-state index in [-0.39, 0.29) is 5.91 Å². The summed E-state index contributed by atoms with van der Waals surface area (Å²) < 4.78 is 11.9. The van der Waals surface area contributed by atoms with Crippen molar-refractivity contribution in [3.8, 4) is 5.75 Å². The van der Waals surface area contributed by atoms with Crippen molar-refractivity contribution in [3.05, 3.63) is 77.5 Å². The number of ether oxygens (including phenoxy) is 2. The summed E-state index contributed by atoms with van der Waals surface area (Å²) in [5.74, 6) is 1.25. The molecule has 2 amide bonds. The third kappa shape index (κ3) is 7.44. The topological polar surface area (TPSA) is 88.1 Å². The predicted molar refractivity (Wildman–Crippen MR) is 157 cm³/mol. The van der Waals surface area contributed by atoms with Gasteiger partial charge in [-0.1, -0.05) is 54.2 Å². The van der Waals surface area contributed by atoms with E-state index in [4.69, 9.17) is 9.47 Å². The Morgan fingerprint density at radius 2 is 1.80 bits per heavy atom. The number of rotatable bonds is 8. The van der Waals surface area contributed by atoms with E-state index in [0.29, 0.717) is 48.5 Å². The molecule has 0 aliphatic carbocycles. The van der Waals surface area contributed by atoms with Gasteiger partial charge in [0.2, 0.25) is 0 Å². The van der Waals surface area contributed by atoms with Gasteiger partial charge in [0.25, 0.3) is 5.91 Å². The van der Waals surface area contributed by atoms with Crippen molar-refractivity contribution in [2.24, 2.45) is 0 Å². The summed E-state index contributed by atoms with van der Waals surface area (Å²) in [6, 6.07) is 17.5. The zero-order valence-electron chi connectivity index (χ0n) is 24.0. The summed E-state index contributed by atoms with van der Waals surface area (Å²) in [6.45, 7) is 7.56. The molecule has 0 fully saturated rings. The summed E-state index contributed by atoms with van der Waals surface area (Å²) in [7, 11) is 3.65. The lowest BCUT2D eigenvalue weighted by Crippen LogP contribution is -2.37. The molecular weight excluding hydrogens is 526 g/mol. The van der Waals surface area contributed by atoms with Crippen LogP contribution in [0.5, 0.6) is 5.75 Å². The van der Waals surface area contributed by atoms with Gasteiger partial charge < -0.3 is 24.2 Å². The second-order valence-electron chi connectivity index (χ2n) is 10.8. The average Bonchev–Trinajstić information content (AvgIpc) is 3.04. The third-order valence-corrected chi connectivity index (χ3v) is 6.97. The van der Waals surface area contributed by atoms with Gasteiger partial charge in [0, 0.05) is 39.9 Å². The summed E-state index contributed by atoms with van der Waals surface area (Å²) in [5, 5.41) is 0.647. The quantitative estimate of drug-likeness (QED) is 0.270. The Labute approximate surface area is 240 Å². The number of amides is 2. The zero-order chi connectivity index (χ0) is 28.9. The molecule has 0 saturated heterocycles. The van der Waals surface area contributed by atoms with E-state index < -0.39 is 17.8 Å². The maximum Gasteiger partial charge on any atom is 0.410 e. The standard InChI is InChI=1S/C30H37N5O4S/c1-30(2,3)39-29(37)34(5)20-25(22-10-8-7-9-11-22)38-23-14-12-21(13-15-23)19-35-17-16-33(4)26-24(27(35)36)18-31-28(32-26)40-6/h7-15,18,25H,16-17,19-20H2,1-6H3. The number of hydrogen-bond donors (Lipinski definition) is 0. The Morgan fingerprint density at radius 1 is 1.10 bits per heavy atom. The number of benzene rings is 2. The van der Waals surface area contributed by atoms with Crippen LogP contribution in [-0.4, -0.2) is 77.4 Å². The van der Waals surface area contributed by atoms with Crippen LogP contribution in [-0.2, 0) is 11.3 Å². The van der Waals surface area contributed by atoms with Gasteiger partial charge in [-0.15, -0.1) is 0 Å². The van der Waals surface area contributed by atoms with Crippen LogP contribution in [0.4, 0.5) is 10.6 Å². The lowest BCUT2D eigenvalue weighted by atomic mass is 10.1. The van der Waals surface area contributed by atoms with Gasteiger partial charge in [-0.3, -0.25) is 4.79 Å². The molecule has 0 N–H and O–H groups in total. The number of hydrogen-bond acceptors (Lipinski definition) is 8. The summed E-state index contributed by atoms with van der Waals surface area (Å²) >= 11 is 1.45. The van der Waals surface area contributed by atoms with Crippen LogP contribution in [0.25, 0.3) is 0 Å². The van der Waals surface area contributed by atoms with E-state index in [1.54, 1.807) is 13.2 Å². The largest absolute Gasteiger partial charge is 0.484 e. The Bertz CT molecular complexity index is 1310. The van der Waals surface area contributed by atoms with Crippen LogP contribution in [0.3, 0.4) is 0 Å². The Morgan fingerprint density at radius 3 is 2.45 bits per heavy atom. The molecule has 9 nitrogen and oxygen atoms in total. The minimum Gasteiger partial charge on any atom is -0.484 e. The lowest BCUT2D eigenvalue weighted by Gasteiger charge is -2.28. The summed E-state index contributed by atoms with van der Waals surface area (Å²) in [4.78, 5) is 40.2. The van der Waals surface area contributed by atoms with Crippen molar-refractivity contribution >= 4 is 29.6 Å². The van der Waals surface area contributed by atoms with Crippen LogP contribution in [0.2, 0.25) is 0 Å². The van der Waals surface area contributed by atoms with Crippen molar-refractivity contribution in [1.82, 2.24) is 19.8 Å². The molecule has 0 bridgehead atoms. The first-order valence-corrected chi connectivity index (χ1v) is 14.4. The molecule has 2 heterocycles. The van der Waals surface area contributed by atoms with Crippen molar-refractivity contribution < 1.29 is 19.1 Å². The van der Waals surface area contributed by atoms with Crippen LogP contribution in [0, 0.1) is 0 Å². The van der Waals surface area contributed by atoms with E-state index in [1.165, 1.54) is 16.7 Å². The molecule has 40 heavy (non-hydrogen) atoms. The highest BCUT2D eigenvalue weighted by Gasteiger charge is 2.27. The van der Waals surface area contributed by atoms with Gasteiger partial charge in [0.1, 0.15) is 28.8 Å². The van der Waals surface area contributed by atoms with Gasteiger partial charge in [0.05, 0.1) is 6.54 Å². The number of nitrogens with zero attached hydrogens (tertiary/aromatic N) is 5. The van der Waals surface area contributed by atoms with E-state index in [2.05, 4.69) is 9.97 Å². The number of carbonyl (C=O) groups excluding carboxylic acids is 2. The van der Waals surface area contributed by atoms with E-state index in [9.17, 15) is 9.59 Å². The number of fused-ring (bicyclic) bond motifs is 1. The van der Waals surface area contributed by atoms with Gasteiger partial charge >= 0.3 is 6.09 Å². The molecule has 2 aromatic carbocycles. The van der Waals surface area contributed by atoms with E-state index >= 15 is 0 Å². The molecule has 1 unspecified atom stereocenters. The summed E-state index contributed by atoms with van der Waals surface area (Å²) in [6.07, 6.45) is 2.74. The molecule has 1 atom stereocenters. The molecule has 1 aromatic heterocycles. The molecule has 4 rings (SSSR count). The second-order valence-corrected chi connectivity index (χ2v) is 11.5. The maximum atomic E-state index is 13.3. The van der Waals surface area contributed by atoms with Crippen molar-refractivity contribution in [1.29, 1.82) is 0 Å². The van der Waals surface area contributed by atoms with Crippen molar-refractivity contribution in [3.63, 3.8) is 0 Å². The highest BCUT2D eigenvalue weighted by molar-refractivity contribution is 7.98. The monoisotopic (exact) mass is 563 g/mol. The summed E-state index contributed by atoms with van der Waals surface area (Å²) in [5.41, 5.74) is 1.86. The average molecular weight is 564 g/mol. The minimum absolute atomic E-state index is 0.0818. The second kappa shape index (κ2) is 12.6. The number of likely N-dealkylation sites (N-methyl/N-ethyl adjacent to an activating group) is 2. The Kier molecular flexibility index (Phi) is 9.19. The molecule has 0 radical (unpaired) electrons. The van der Waals surface area contributed by atoms with Gasteiger partial charge in [-0.05, 0) is 50.3 Å². The highest BCUT2D eigenvalue weighted by atomic mass is 32.2. The fraction of sp³-hybridized carbons (Fsp3) is 0.400. The maximum absolute atomic E-state index is 13.3. The molecule has 1 aliphatic heterocycles. The SMILES string of the molecule is CSc1ncc2c(n1)N(C)CCN(Cc1ccc(OC(CN(C)C(=O)OC(C)(C)C)c3ccccc3)cc1)C2=O. The first-order chi connectivity index (χ1) is 19.0. The van der Waals surface area contributed by atoms with Crippen LogP contribution in [0.1, 0.15) is 48.4 Å². The number of aromatic nitrogens is 2. The minimum atomic E-state index is -0.582.